The molecule has 1 aliphatic carbocycles. The molecule has 1 unspecified atom stereocenters. The minimum absolute atomic E-state index is 0.0565. The van der Waals surface area contributed by atoms with Crippen LogP contribution in [0.1, 0.15) is 50.3 Å². The van der Waals surface area contributed by atoms with E-state index >= 15 is 0 Å². The molecular formula is C36H40N2O9. The van der Waals surface area contributed by atoms with Crippen LogP contribution >= 0.6 is 0 Å². The van der Waals surface area contributed by atoms with Crippen molar-refractivity contribution in [1.82, 2.24) is 10.6 Å². The second-order valence-corrected chi connectivity index (χ2v) is 12.8. The molecule has 3 aliphatic rings. The maximum Gasteiger partial charge on any atom is 0.407 e. The van der Waals surface area contributed by atoms with Crippen LogP contribution in [0.4, 0.5) is 4.79 Å². The van der Waals surface area contributed by atoms with Gasteiger partial charge in [0.1, 0.15) is 19.3 Å². The van der Waals surface area contributed by atoms with Gasteiger partial charge in [0.15, 0.2) is 11.6 Å². The lowest BCUT2D eigenvalue weighted by Crippen LogP contribution is -2.61. The molecule has 248 valence electrons. The molecule has 0 bridgehead atoms. The number of hydrogen-bond donors (Lipinski definition) is 2. The fourth-order valence-corrected chi connectivity index (χ4v) is 6.22. The average Bonchev–Trinajstić information content (AvgIpc) is 3.71. The van der Waals surface area contributed by atoms with Crippen molar-refractivity contribution in [1.29, 1.82) is 0 Å². The van der Waals surface area contributed by atoms with E-state index in [4.69, 9.17) is 28.4 Å². The van der Waals surface area contributed by atoms with Crippen molar-refractivity contribution in [3.8, 4) is 11.1 Å². The molecule has 6 rings (SSSR count). The van der Waals surface area contributed by atoms with Crippen LogP contribution in [0.5, 0.6) is 0 Å². The third kappa shape index (κ3) is 7.03. The molecule has 0 saturated carbocycles. The predicted molar refractivity (Wildman–Crippen MR) is 170 cm³/mol. The second-order valence-electron chi connectivity index (χ2n) is 12.8. The van der Waals surface area contributed by atoms with Crippen molar-refractivity contribution in [2.24, 2.45) is 0 Å². The zero-order valence-electron chi connectivity index (χ0n) is 26.9. The molecule has 0 spiro atoms. The van der Waals surface area contributed by atoms with Crippen molar-refractivity contribution in [3.05, 3.63) is 95.6 Å². The number of esters is 1. The number of rotatable bonds is 10. The van der Waals surface area contributed by atoms with E-state index in [9.17, 15) is 14.4 Å². The molecular weight excluding hydrogens is 604 g/mol. The molecule has 47 heavy (non-hydrogen) atoms. The Morgan fingerprint density at radius 1 is 0.830 bits per heavy atom. The lowest BCUT2D eigenvalue weighted by atomic mass is 9.98. The van der Waals surface area contributed by atoms with Crippen LogP contribution in [0.15, 0.2) is 78.9 Å². The van der Waals surface area contributed by atoms with Gasteiger partial charge < -0.3 is 39.1 Å². The molecule has 2 N–H and O–H groups in total. The number of carbonyl (C=O) groups excluding carboxylic acids is 3. The standard InChI is InChI=1S/C36H40N2O9/c1-34(2)44-21-30(46-34)29(18-37-33(41)43-20-28-26-16-10-8-14-24(26)25-15-9-11-17-27(25)28)38-31(39)36(22-45-35(3,4)47-36)32(40)42-19-23-12-6-5-7-13-23/h5-17,28-30H,18-22H2,1-4H3,(H,37,41)(H,38,39)/t29?,30-,36-/m0/s1. The summed E-state index contributed by atoms with van der Waals surface area (Å²) in [5.41, 5.74) is 3.10. The first kappa shape index (κ1) is 32.6. The first-order valence-corrected chi connectivity index (χ1v) is 15.7. The maximum atomic E-state index is 14.0. The first-order chi connectivity index (χ1) is 22.5. The topological polar surface area (TPSA) is 131 Å². The first-order valence-electron chi connectivity index (χ1n) is 15.7. The van der Waals surface area contributed by atoms with E-state index in [1.807, 2.05) is 54.6 Å². The summed E-state index contributed by atoms with van der Waals surface area (Å²) in [4.78, 5) is 40.5. The van der Waals surface area contributed by atoms with Crippen molar-refractivity contribution in [2.75, 3.05) is 26.4 Å². The predicted octanol–water partition coefficient (Wildman–Crippen LogP) is 4.43. The zero-order chi connectivity index (χ0) is 33.2. The normalized spacial score (nSPS) is 22.9. The molecule has 0 radical (unpaired) electrons. The van der Waals surface area contributed by atoms with Crippen molar-refractivity contribution in [3.63, 3.8) is 0 Å². The van der Waals surface area contributed by atoms with Gasteiger partial charge in [-0.1, -0.05) is 78.9 Å². The number of amides is 2. The fraction of sp³-hybridized carbons (Fsp3) is 0.417. The van der Waals surface area contributed by atoms with E-state index in [1.165, 1.54) is 0 Å². The molecule has 11 heteroatoms. The summed E-state index contributed by atoms with van der Waals surface area (Å²) < 4.78 is 34.7. The lowest BCUT2D eigenvalue weighted by Gasteiger charge is -2.30. The number of fused-ring (bicyclic) bond motifs is 3. The van der Waals surface area contributed by atoms with Gasteiger partial charge >= 0.3 is 12.1 Å². The highest BCUT2D eigenvalue weighted by molar-refractivity contribution is 6.07. The molecule has 3 atom stereocenters. The highest BCUT2D eigenvalue weighted by Crippen LogP contribution is 2.44. The summed E-state index contributed by atoms with van der Waals surface area (Å²) in [5, 5.41) is 5.61. The van der Waals surface area contributed by atoms with Crippen LogP contribution in [0, 0.1) is 0 Å². The Balaban J connectivity index is 1.13. The highest BCUT2D eigenvalue weighted by Gasteiger charge is 2.59. The summed E-state index contributed by atoms with van der Waals surface area (Å²) in [6, 6.07) is 24.4. The molecule has 3 aromatic carbocycles. The SMILES string of the molecule is CC1(C)OC[C@@H](C(CNC(=O)OCC2c3ccccc3-c3ccccc32)NC(=O)[C@]2(C(=O)OCc3ccccc3)COC(C)(C)O2)O1. The van der Waals surface area contributed by atoms with Gasteiger partial charge in [-0.2, -0.15) is 0 Å². The van der Waals surface area contributed by atoms with Gasteiger partial charge in [-0.05, 0) is 55.5 Å². The van der Waals surface area contributed by atoms with Gasteiger partial charge in [-0.25, -0.2) is 9.59 Å². The van der Waals surface area contributed by atoms with Crippen LogP contribution in [-0.4, -0.2) is 73.7 Å². The molecule has 0 aromatic heterocycles. The Hall–Kier alpha value is -4.29. The molecule has 2 fully saturated rings. The highest BCUT2D eigenvalue weighted by atomic mass is 16.8. The smallest absolute Gasteiger partial charge is 0.407 e. The third-order valence-electron chi connectivity index (χ3n) is 8.56. The van der Waals surface area contributed by atoms with E-state index in [1.54, 1.807) is 39.8 Å². The zero-order valence-corrected chi connectivity index (χ0v) is 26.9. The molecule has 2 aliphatic heterocycles. The quantitative estimate of drug-likeness (QED) is 0.243. The Morgan fingerprint density at radius 3 is 2.06 bits per heavy atom. The Bertz CT molecular complexity index is 1580. The molecule has 2 heterocycles. The minimum atomic E-state index is -2.09. The van der Waals surface area contributed by atoms with Crippen LogP contribution < -0.4 is 10.6 Å². The fourth-order valence-electron chi connectivity index (χ4n) is 6.22. The van der Waals surface area contributed by atoms with Gasteiger partial charge in [0.25, 0.3) is 11.5 Å². The van der Waals surface area contributed by atoms with Crippen LogP contribution in [0.2, 0.25) is 0 Å². The second kappa shape index (κ2) is 13.1. The lowest BCUT2D eigenvalue weighted by molar-refractivity contribution is -0.194. The maximum absolute atomic E-state index is 14.0. The minimum Gasteiger partial charge on any atom is -0.458 e. The van der Waals surface area contributed by atoms with Gasteiger partial charge in [-0.3, -0.25) is 4.79 Å². The number of nitrogens with one attached hydrogen (secondary N) is 2. The van der Waals surface area contributed by atoms with E-state index in [0.717, 1.165) is 27.8 Å². The summed E-state index contributed by atoms with van der Waals surface area (Å²) in [5.74, 6) is -3.93. The van der Waals surface area contributed by atoms with Gasteiger partial charge in [0.05, 0.1) is 19.3 Å². The molecule has 2 saturated heterocycles. The van der Waals surface area contributed by atoms with Crippen LogP contribution in [0.25, 0.3) is 11.1 Å². The van der Waals surface area contributed by atoms with Crippen molar-refractivity contribution < 1.29 is 42.8 Å². The van der Waals surface area contributed by atoms with Crippen molar-refractivity contribution in [2.45, 2.75) is 69.5 Å². The van der Waals surface area contributed by atoms with Crippen molar-refractivity contribution >= 4 is 18.0 Å². The van der Waals surface area contributed by atoms with Crippen LogP contribution in [-0.2, 0) is 44.6 Å². The number of benzene rings is 3. The third-order valence-corrected chi connectivity index (χ3v) is 8.56. The van der Waals surface area contributed by atoms with E-state index in [-0.39, 0.29) is 38.9 Å². The number of carbonyl (C=O) groups is 3. The van der Waals surface area contributed by atoms with Gasteiger partial charge in [0.2, 0.25) is 0 Å². The summed E-state index contributed by atoms with van der Waals surface area (Å²) in [7, 11) is 0. The van der Waals surface area contributed by atoms with Gasteiger partial charge in [0, 0.05) is 12.5 Å². The summed E-state index contributed by atoms with van der Waals surface area (Å²) in [6.45, 7) is 6.50. The molecule has 3 aromatic rings. The van der Waals surface area contributed by atoms with E-state index < -0.39 is 47.3 Å². The van der Waals surface area contributed by atoms with Crippen LogP contribution in [0.3, 0.4) is 0 Å². The Kier molecular flexibility index (Phi) is 9.08. The number of ether oxygens (including phenoxy) is 6. The largest absolute Gasteiger partial charge is 0.458 e. The monoisotopic (exact) mass is 644 g/mol. The van der Waals surface area contributed by atoms with E-state index in [2.05, 4.69) is 22.8 Å². The average molecular weight is 645 g/mol. The van der Waals surface area contributed by atoms with E-state index in [0.29, 0.717) is 0 Å². The molecule has 2 amide bonds. The van der Waals surface area contributed by atoms with Gasteiger partial charge in [-0.15, -0.1) is 0 Å². The molecule has 11 nitrogen and oxygen atoms in total. The number of alkyl carbamates (subject to hydrolysis) is 1. The Morgan fingerprint density at radius 2 is 1.47 bits per heavy atom. The Labute approximate surface area is 273 Å². The summed E-state index contributed by atoms with van der Waals surface area (Å²) in [6.07, 6.45) is -1.32. The number of hydrogen-bond acceptors (Lipinski definition) is 9. The summed E-state index contributed by atoms with van der Waals surface area (Å²) >= 11 is 0.